The molecule has 6 nitrogen and oxygen atoms in total. The third kappa shape index (κ3) is 2.32. The van der Waals surface area contributed by atoms with Gasteiger partial charge in [-0.1, -0.05) is 11.6 Å². The van der Waals surface area contributed by atoms with Crippen molar-refractivity contribution in [2.45, 2.75) is 18.8 Å². The van der Waals surface area contributed by atoms with Crippen molar-refractivity contribution >= 4 is 50.0 Å². The van der Waals surface area contributed by atoms with Crippen LogP contribution in [0.25, 0.3) is 43.8 Å². The second kappa shape index (κ2) is 6.03. The number of pyridine rings is 2. The lowest BCUT2D eigenvalue weighted by Gasteiger charge is -2.15. The average Bonchev–Trinajstić information content (AvgIpc) is 3.47. The van der Waals surface area contributed by atoms with Gasteiger partial charge in [0.05, 0.1) is 22.7 Å². The van der Waals surface area contributed by atoms with Crippen LogP contribution in [-0.4, -0.2) is 20.2 Å². The summed E-state index contributed by atoms with van der Waals surface area (Å²) in [4.78, 5) is 20.3. The molecule has 30 heavy (non-hydrogen) atoms. The molecule has 0 atom stereocenters. The van der Waals surface area contributed by atoms with Crippen molar-refractivity contribution < 1.29 is 4.39 Å². The Hall–Kier alpha value is -3.45. The van der Waals surface area contributed by atoms with Crippen LogP contribution in [0.1, 0.15) is 24.3 Å². The predicted molar refractivity (Wildman–Crippen MR) is 116 cm³/mol. The fraction of sp³-hybridized carbons (Fsp3) is 0.136. The first-order chi connectivity index (χ1) is 14.5. The Morgan fingerprint density at radius 3 is 2.80 bits per heavy atom. The minimum atomic E-state index is -0.610. The molecule has 148 valence electrons. The number of anilines is 1. The van der Waals surface area contributed by atoms with Gasteiger partial charge in [0.15, 0.2) is 0 Å². The third-order valence-corrected chi connectivity index (χ3v) is 6.23. The molecule has 0 bridgehead atoms. The zero-order valence-electron chi connectivity index (χ0n) is 15.6. The summed E-state index contributed by atoms with van der Waals surface area (Å²) in [5.74, 6) is -0.190. The van der Waals surface area contributed by atoms with Crippen LogP contribution in [0, 0.1) is 5.82 Å². The highest BCUT2D eigenvalue weighted by Crippen LogP contribution is 2.46. The number of nitrogens with zero attached hydrogens (tertiary/aromatic N) is 2. The predicted octanol–water partition coefficient (Wildman–Crippen LogP) is 4.87. The van der Waals surface area contributed by atoms with E-state index in [0.717, 1.165) is 34.7 Å². The molecule has 0 saturated heterocycles. The van der Waals surface area contributed by atoms with Gasteiger partial charge in [0.1, 0.15) is 16.5 Å². The molecule has 1 fully saturated rings. The van der Waals surface area contributed by atoms with Crippen LogP contribution in [0.2, 0.25) is 5.02 Å². The summed E-state index contributed by atoms with van der Waals surface area (Å²) in [7, 11) is 0. The maximum Gasteiger partial charge on any atom is 0.272 e. The summed E-state index contributed by atoms with van der Waals surface area (Å²) in [5, 5.41) is 8.88. The van der Waals surface area contributed by atoms with Gasteiger partial charge in [0.25, 0.3) is 5.56 Å². The molecule has 0 radical (unpaired) electrons. The fourth-order valence-electron chi connectivity index (χ4n) is 4.30. The Labute approximate surface area is 173 Å². The third-order valence-electron chi connectivity index (χ3n) is 5.86. The topological polar surface area (TPSA) is 100 Å². The van der Waals surface area contributed by atoms with Crippen LogP contribution >= 0.6 is 11.6 Å². The highest BCUT2D eigenvalue weighted by molar-refractivity contribution is 6.36. The number of aromatic nitrogens is 4. The number of benzene rings is 2. The van der Waals surface area contributed by atoms with Crippen molar-refractivity contribution in [1.29, 1.82) is 0 Å². The number of halogens is 2. The fourth-order valence-corrected chi connectivity index (χ4v) is 4.50. The molecule has 0 spiro atoms. The Bertz CT molecular complexity index is 1570. The number of nitrogens with one attached hydrogen (secondary N) is 2. The Balaban J connectivity index is 1.84. The van der Waals surface area contributed by atoms with Gasteiger partial charge in [-0.15, -0.1) is 0 Å². The van der Waals surface area contributed by atoms with Crippen molar-refractivity contribution in [2.24, 2.45) is 0 Å². The zero-order valence-corrected chi connectivity index (χ0v) is 16.3. The number of hydrogen-bond donors (Lipinski definition) is 3. The first-order valence-corrected chi connectivity index (χ1v) is 9.97. The lowest BCUT2D eigenvalue weighted by atomic mass is 9.93. The minimum absolute atomic E-state index is 0.0247. The van der Waals surface area contributed by atoms with Gasteiger partial charge in [-0.2, -0.15) is 5.10 Å². The first-order valence-electron chi connectivity index (χ1n) is 9.59. The van der Waals surface area contributed by atoms with Crippen LogP contribution < -0.4 is 11.3 Å². The van der Waals surface area contributed by atoms with Crippen molar-refractivity contribution in [3.8, 4) is 11.1 Å². The first kappa shape index (κ1) is 17.4. The second-order valence-corrected chi connectivity index (χ2v) is 8.06. The van der Waals surface area contributed by atoms with Crippen molar-refractivity contribution in [3.63, 3.8) is 0 Å². The monoisotopic (exact) mass is 419 g/mol. The Morgan fingerprint density at radius 2 is 2.00 bits per heavy atom. The zero-order chi connectivity index (χ0) is 20.6. The second-order valence-electron chi connectivity index (χ2n) is 7.68. The molecule has 4 N–H and O–H groups in total. The highest BCUT2D eigenvalue weighted by Gasteiger charge is 2.28. The maximum atomic E-state index is 14.7. The van der Waals surface area contributed by atoms with Crippen molar-refractivity contribution in [2.75, 3.05) is 5.73 Å². The van der Waals surface area contributed by atoms with Gasteiger partial charge < -0.3 is 10.7 Å². The summed E-state index contributed by atoms with van der Waals surface area (Å²) in [6.07, 6.45) is 5.49. The normalized spacial score (nSPS) is 14.2. The largest absolute Gasteiger partial charge is 0.394 e. The van der Waals surface area contributed by atoms with Gasteiger partial charge in [-0.25, -0.2) is 4.39 Å². The Morgan fingerprint density at radius 1 is 1.17 bits per heavy atom. The van der Waals surface area contributed by atoms with E-state index in [4.69, 9.17) is 17.3 Å². The van der Waals surface area contributed by atoms with Crippen molar-refractivity contribution in [3.05, 3.63) is 63.4 Å². The summed E-state index contributed by atoms with van der Waals surface area (Å²) < 4.78 is 14.7. The molecule has 2 aromatic carbocycles. The van der Waals surface area contributed by atoms with E-state index in [9.17, 15) is 9.18 Å². The van der Waals surface area contributed by atoms with E-state index >= 15 is 0 Å². The van der Waals surface area contributed by atoms with E-state index in [0.29, 0.717) is 33.5 Å². The number of rotatable bonds is 2. The quantitative estimate of drug-likeness (QED) is 0.355. The van der Waals surface area contributed by atoms with Gasteiger partial charge in [0, 0.05) is 27.9 Å². The number of aromatic amines is 2. The van der Waals surface area contributed by atoms with Gasteiger partial charge >= 0.3 is 0 Å². The molecule has 0 aliphatic heterocycles. The smallest absolute Gasteiger partial charge is 0.272 e. The number of nitrogens with two attached hydrogens (primary N) is 1. The molecule has 1 saturated carbocycles. The van der Waals surface area contributed by atoms with E-state index in [-0.39, 0.29) is 10.7 Å². The van der Waals surface area contributed by atoms with E-state index in [1.54, 1.807) is 12.4 Å². The van der Waals surface area contributed by atoms with Crippen LogP contribution in [-0.2, 0) is 0 Å². The number of H-pyrrole nitrogens is 2. The average molecular weight is 420 g/mol. The van der Waals surface area contributed by atoms with Crippen LogP contribution in [0.3, 0.4) is 0 Å². The molecule has 0 unspecified atom stereocenters. The van der Waals surface area contributed by atoms with Crippen molar-refractivity contribution in [1.82, 2.24) is 20.2 Å². The van der Waals surface area contributed by atoms with E-state index in [1.165, 1.54) is 6.07 Å². The molecule has 1 aliphatic carbocycles. The van der Waals surface area contributed by atoms with E-state index in [2.05, 4.69) is 20.2 Å². The molecule has 0 amide bonds. The van der Waals surface area contributed by atoms with E-state index < -0.39 is 11.4 Å². The molecule has 3 aromatic heterocycles. The molecule has 6 rings (SSSR count). The standard InChI is InChI=1S/C22H15ClFN5O/c23-17-15(24)7-12(14-8-27-29-21(14)17)16-13-6-11(9-3-4-9)19-10(2-1-5-26-19)20(13)28-22(30)18(16)25/h1-2,5-9H,3-4,25H2,(H,27,29)(H,28,30). The maximum absolute atomic E-state index is 14.7. The summed E-state index contributed by atoms with van der Waals surface area (Å²) in [6, 6.07) is 7.11. The lowest BCUT2D eigenvalue weighted by Crippen LogP contribution is -2.14. The molecule has 1 aliphatic rings. The summed E-state index contributed by atoms with van der Waals surface area (Å²) in [5.41, 5.74) is 9.78. The van der Waals surface area contributed by atoms with Crippen LogP contribution in [0.4, 0.5) is 10.1 Å². The molecule has 8 heteroatoms. The number of nitrogen functional groups attached to an aromatic ring is 1. The molecule has 3 heterocycles. The SMILES string of the molecule is Nc1c(-c2cc(F)c(Cl)c3[nH]ncc23)c2cc(C3CC3)c3ncccc3c2[nH]c1=O. The number of fused-ring (bicyclic) bond motifs is 4. The van der Waals surface area contributed by atoms with Crippen LogP contribution in [0.5, 0.6) is 0 Å². The van der Waals surface area contributed by atoms with Gasteiger partial charge in [-0.3, -0.25) is 14.9 Å². The molecule has 5 aromatic rings. The molecular formula is C22H15ClFN5O. The number of hydrogen-bond acceptors (Lipinski definition) is 4. The minimum Gasteiger partial charge on any atom is -0.394 e. The van der Waals surface area contributed by atoms with Crippen LogP contribution in [0.15, 0.2) is 41.5 Å². The summed E-state index contributed by atoms with van der Waals surface area (Å²) >= 11 is 6.12. The summed E-state index contributed by atoms with van der Waals surface area (Å²) in [6.45, 7) is 0. The molecular weight excluding hydrogens is 405 g/mol. The van der Waals surface area contributed by atoms with Gasteiger partial charge in [0.2, 0.25) is 0 Å². The van der Waals surface area contributed by atoms with E-state index in [1.807, 2.05) is 18.2 Å². The highest BCUT2D eigenvalue weighted by atomic mass is 35.5. The lowest BCUT2D eigenvalue weighted by molar-refractivity contribution is 0.630. The van der Waals surface area contributed by atoms with Gasteiger partial charge in [-0.05, 0) is 54.2 Å². The Kier molecular flexibility index (Phi) is 3.50.